The minimum Gasteiger partial charge on any atom is -0.354 e. The van der Waals surface area contributed by atoms with Crippen LogP contribution >= 0.6 is 0 Å². The standard InChI is InChI=1S/C13H23N3O3/c14-8-4-2-1-3-5-11(17)15-9-10-16-12(18)6-7-13(16)19/h1-10,14H2,(H,15,17). The molecule has 0 aromatic carbocycles. The molecular weight excluding hydrogens is 246 g/mol. The smallest absolute Gasteiger partial charge is 0.229 e. The molecule has 0 unspecified atom stereocenters. The van der Waals surface area contributed by atoms with E-state index in [1.165, 1.54) is 4.90 Å². The summed E-state index contributed by atoms with van der Waals surface area (Å²) in [6.07, 6.45) is 5.01. The van der Waals surface area contributed by atoms with Crippen LogP contribution in [0.3, 0.4) is 0 Å². The van der Waals surface area contributed by atoms with Crippen LogP contribution in [0.25, 0.3) is 0 Å². The third kappa shape index (κ3) is 5.83. The van der Waals surface area contributed by atoms with Crippen LogP contribution in [-0.4, -0.2) is 42.3 Å². The van der Waals surface area contributed by atoms with Crippen LogP contribution in [0.5, 0.6) is 0 Å². The first kappa shape index (κ1) is 15.6. The maximum atomic E-state index is 11.5. The monoisotopic (exact) mass is 269 g/mol. The highest BCUT2D eigenvalue weighted by Gasteiger charge is 2.28. The second-order valence-electron chi connectivity index (χ2n) is 4.74. The molecule has 0 bridgehead atoms. The zero-order valence-electron chi connectivity index (χ0n) is 11.3. The largest absolute Gasteiger partial charge is 0.354 e. The first-order valence-electron chi connectivity index (χ1n) is 6.95. The fourth-order valence-corrected chi connectivity index (χ4v) is 2.05. The third-order valence-electron chi connectivity index (χ3n) is 3.17. The minimum absolute atomic E-state index is 0.0214. The molecule has 6 heteroatoms. The maximum Gasteiger partial charge on any atom is 0.229 e. The van der Waals surface area contributed by atoms with Crippen molar-refractivity contribution in [3.63, 3.8) is 0 Å². The van der Waals surface area contributed by atoms with Crippen molar-refractivity contribution in [2.24, 2.45) is 5.73 Å². The number of hydrogen-bond acceptors (Lipinski definition) is 4. The average Bonchev–Trinajstić information content (AvgIpc) is 2.70. The number of nitrogens with two attached hydrogens (primary N) is 1. The Labute approximate surface area is 113 Å². The minimum atomic E-state index is -0.138. The summed E-state index contributed by atoms with van der Waals surface area (Å²) in [4.78, 5) is 35.3. The zero-order valence-corrected chi connectivity index (χ0v) is 11.3. The molecule has 0 atom stereocenters. The van der Waals surface area contributed by atoms with E-state index in [1.54, 1.807) is 0 Å². The lowest BCUT2D eigenvalue weighted by atomic mass is 10.1. The van der Waals surface area contributed by atoms with Gasteiger partial charge in [0.1, 0.15) is 0 Å². The van der Waals surface area contributed by atoms with E-state index in [9.17, 15) is 14.4 Å². The number of unbranched alkanes of at least 4 members (excludes halogenated alkanes) is 3. The molecule has 3 amide bonds. The van der Waals surface area contributed by atoms with Crippen LogP contribution in [0.1, 0.15) is 44.9 Å². The Hall–Kier alpha value is -1.43. The fraction of sp³-hybridized carbons (Fsp3) is 0.769. The molecule has 1 rings (SSSR count). The first-order chi connectivity index (χ1) is 9.15. The molecule has 6 nitrogen and oxygen atoms in total. The summed E-state index contributed by atoms with van der Waals surface area (Å²) >= 11 is 0. The van der Waals surface area contributed by atoms with Gasteiger partial charge in [-0.25, -0.2) is 0 Å². The van der Waals surface area contributed by atoms with Gasteiger partial charge >= 0.3 is 0 Å². The van der Waals surface area contributed by atoms with E-state index in [0.717, 1.165) is 25.7 Å². The number of carbonyl (C=O) groups is 3. The van der Waals surface area contributed by atoms with Crippen LogP contribution in [0.15, 0.2) is 0 Å². The van der Waals surface area contributed by atoms with Crippen molar-refractivity contribution >= 4 is 17.7 Å². The number of likely N-dealkylation sites (tertiary alicyclic amines) is 1. The van der Waals surface area contributed by atoms with Crippen LogP contribution in [0.4, 0.5) is 0 Å². The summed E-state index contributed by atoms with van der Waals surface area (Å²) in [6, 6.07) is 0. The molecule has 0 spiro atoms. The fourth-order valence-electron chi connectivity index (χ4n) is 2.05. The summed E-state index contributed by atoms with van der Waals surface area (Å²) in [5, 5.41) is 2.73. The van der Waals surface area contributed by atoms with Crippen LogP contribution in [0.2, 0.25) is 0 Å². The predicted octanol–water partition coefficient (Wildman–Crippen LogP) is 0.161. The van der Waals surface area contributed by atoms with Gasteiger partial charge < -0.3 is 11.1 Å². The molecule has 19 heavy (non-hydrogen) atoms. The van der Waals surface area contributed by atoms with E-state index in [4.69, 9.17) is 5.73 Å². The summed E-state index contributed by atoms with van der Waals surface area (Å²) in [5.41, 5.74) is 5.38. The molecule has 1 aliphatic rings. The Morgan fingerprint density at radius 2 is 1.74 bits per heavy atom. The molecule has 0 radical (unpaired) electrons. The SMILES string of the molecule is NCCCCCCC(=O)NCCN1C(=O)CCC1=O. The highest BCUT2D eigenvalue weighted by Crippen LogP contribution is 2.10. The van der Waals surface area contributed by atoms with Crippen molar-refractivity contribution in [2.45, 2.75) is 44.9 Å². The van der Waals surface area contributed by atoms with E-state index < -0.39 is 0 Å². The van der Waals surface area contributed by atoms with Gasteiger partial charge in [-0.2, -0.15) is 0 Å². The van der Waals surface area contributed by atoms with Gasteiger partial charge in [0.2, 0.25) is 17.7 Å². The van der Waals surface area contributed by atoms with Gasteiger partial charge in [-0.15, -0.1) is 0 Å². The molecule has 3 N–H and O–H groups in total. The predicted molar refractivity (Wildman–Crippen MR) is 71.1 cm³/mol. The molecule has 0 aromatic heterocycles. The highest BCUT2D eigenvalue weighted by atomic mass is 16.2. The van der Waals surface area contributed by atoms with E-state index >= 15 is 0 Å². The van der Waals surface area contributed by atoms with E-state index in [1.807, 2.05) is 0 Å². The topological polar surface area (TPSA) is 92.5 Å². The van der Waals surface area contributed by atoms with E-state index in [2.05, 4.69) is 5.32 Å². The Kier molecular flexibility index (Phi) is 7.10. The van der Waals surface area contributed by atoms with Crippen molar-refractivity contribution < 1.29 is 14.4 Å². The van der Waals surface area contributed by atoms with Gasteiger partial charge in [0, 0.05) is 32.4 Å². The lowest BCUT2D eigenvalue weighted by Gasteiger charge is -2.13. The van der Waals surface area contributed by atoms with Gasteiger partial charge in [0.05, 0.1) is 0 Å². The molecule has 108 valence electrons. The van der Waals surface area contributed by atoms with Gasteiger partial charge in [0.15, 0.2) is 0 Å². The van der Waals surface area contributed by atoms with Crippen molar-refractivity contribution in [3.8, 4) is 0 Å². The van der Waals surface area contributed by atoms with Gasteiger partial charge in [0.25, 0.3) is 0 Å². The molecule has 1 fully saturated rings. The normalized spacial score (nSPS) is 15.1. The van der Waals surface area contributed by atoms with Crippen molar-refractivity contribution in [1.29, 1.82) is 0 Å². The number of imide groups is 1. The maximum absolute atomic E-state index is 11.5. The number of amides is 3. The Balaban J connectivity index is 2.04. The molecule has 1 aliphatic heterocycles. The molecule has 1 heterocycles. The molecule has 1 saturated heterocycles. The second kappa shape index (κ2) is 8.63. The molecule has 0 saturated carbocycles. The number of rotatable bonds is 9. The number of nitrogens with zero attached hydrogens (tertiary/aromatic N) is 1. The average molecular weight is 269 g/mol. The lowest BCUT2D eigenvalue weighted by molar-refractivity contribution is -0.138. The van der Waals surface area contributed by atoms with Crippen LogP contribution < -0.4 is 11.1 Å². The Morgan fingerprint density at radius 3 is 2.37 bits per heavy atom. The first-order valence-corrected chi connectivity index (χ1v) is 6.95. The van der Waals surface area contributed by atoms with Crippen molar-refractivity contribution in [1.82, 2.24) is 10.2 Å². The van der Waals surface area contributed by atoms with Gasteiger partial charge in [-0.3, -0.25) is 19.3 Å². The Bertz CT molecular complexity index is 315. The second-order valence-corrected chi connectivity index (χ2v) is 4.74. The highest BCUT2D eigenvalue weighted by molar-refractivity contribution is 6.01. The van der Waals surface area contributed by atoms with Crippen LogP contribution in [-0.2, 0) is 14.4 Å². The summed E-state index contributed by atoms with van der Waals surface area (Å²) in [7, 11) is 0. The van der Waals surface area contributed by atoms with Gasteiger partial charge in [-0.1, -0.05) is 12.8 Å². The number of carbonyl (C=O) groups excluding carboxylic acids is 3. The number of hydrogen-bond donors (Lipinski definition) is 2. The van der Waals surface area contributed by atoms with E-state index in [0.29, 0.717) is 32.4 Å². The van der Waals surface area contributed by atoms with E-state index in [-0.39, 0.29) is 24.3 Å². The van der Waals surface area contributed by atoms with Crippen molar-refractivity contribution in [3.05, 3.63) is 0 Å². The molecule has 0 aliphatic carbocycles. The molecule has 0 aromatic rings. The molecular formula is C13H23N3O3. The number of nitrogens with one attached hydrogen (secondary N) is 1. The summed E-state index contributed by atoms with van der Waals surface area (Å²) < 4.78 is 0. The summed E-state index contributed by atoms with van der Waals surface area (Å²) in [6.45, 7) is 1.33. The quantitative estimate of drug-likeness (QED) is 0.460. The third-order valence-corrected chi connectivity index (χ3v) is 3.17. The van der Waals surface area contributed by atoms with Crippen molar-refractivity contribution in [2.75, 3.05) is 19.6 Å². The summed E-state index contributed by atoms with van der Waals surface area (Å²) in [5.74, 6) is -0.297. The zero-order chi connectivity index (χ0) is 14.1. The van der Waals surface area contributed by atoms with Crippen LogP contribution in [0, 0.1) is 0 Å². The Morgan fingerprint density at radius 1 is 1.11 bits per heavy atom. The van der Waals surface area contributed by atoms with Gasteiger partial charge in [-0.05, 0) is 19.4 Å². The lowest BCUT2D eigenvalue weighted by Crippen LogP contribution is -2.37.